The fraction of sp³-hybridized carbons (Fsp3) is 0.421. The highest BCUT2D eigenvalue weighted by molar-refractivity contribution is 7.89. The number of piperidine rings is 1. The highest BCUT2D eigenvalue weighted by Gasteiger charge is 2.30. The van der Waals surface area contributed by atoms with Crippen molar-refractivity contribution in [2.45, 2.75) is 37.3 Å². The van der Waals surface area contributed by atoms with Crippen LogP contribution >= 0.6 is 0 Å². The number of anilines is 1. The smallest absolute Gasteiger partial charge is 0.422 e. The topological polar surface area (TPSA) is 101 Å². The molecule has 2 heterocycles. The number of aromatic nitrogens is 2. The van der Waals surface area contributed by atoms with Crippen molar-refractivity contribution >= 4 is 21.6 Å². The summed E-state index contributed by atoms with van der Waals surface area (Å²) in [5.41, 5.74) is 0.270. The van der Waals surface area contributed by atoms with Gasteiger partial charge in [-0.2, -0.15) is 17.5 Å². The molecule has 1 saturated heterocycles. The first-order valence-electron chi connectivity index (χ1n) is 9.50. The zero-order chi connectivity index (χ0) is 22.6. The van der Waals surface area contributed by atoms with E-state index in [-0.39, 0.29) is 22.0 Å². The Bertz CT molecular complexity index is 1040. The van der Waals surface area contributed by atoms with E-state index in [0.717, 1.165) is 37.5 Å². The molecule has 8 nitrogen and oxygen atoms in total. The lowest BCUT2D eigenvalue weighted by Crippen LogP contribution is -2.35. The summed E-state index contributed by atoms with van der Waals surface area (Å²) in [5.74, 6) is -1.08. The fourth-order valence-electron chi connectivity index (χ4n) is 3.00. The number of hydrogen-bond donors (Lipinski definition) is 1. The first kappa shape index (κ1) is 22.9. The molecule has 1 aliphatic rings. The van der Waals surface area contributed by atoms with E-state index in [2.05, 4.69) is 15.3 Å². The Morgan fingerprint density at radius 1 is 1.16 bits per heavy atom. The van der Waals surface area contributed by atoms with E-state index < -0.39 is 28.7 Å². The molecule has 1 fully saturated rings. The lowest BCUT2D eigenvalue weighted by Gasteiger charge is -2.26. The quantitative estimate of drug-likeness (QED) is 0.714. The Morgan fingerprint density at radius 3 is 2.48 bits per heavy atom. The average molecular weight is 458 g/mol. The van der Waals surface area contributed by atoms with Gasteiger partial charge in [0.05, 0.1) is 22.5 Å². The lowest BCUT2D eigenvalue weighted by molar-refractivity contribution is -0.153. The third-order valence-electron chi connectivity index (χ3n) is 4.56. The number of hydrogen-bond acceptors (Lipinski definition) is 6. The van der Waals surface area contributed by atoms with Crippen LogP contribution < -0.4 is 10.1 Å². The molecule has 3 rings (SSSR count). The van der Waals surface area contributed by atoms with E-state index in [1.807, 2.05) is 0 Å². The van der Waals surface area contributed by atoms with Crippen molar-refractivity contribution in [2.24, 2.45) is 0 Å². The number of benzene rings is 1. The Morgan fingerprint density at radius 2 is 1.87 bits per heavy atom. The van der Waals surface area contributed by atoms with Crippen LogP contribution in [0.5, 0.6) is 5.75 Å². The molecule has 0 atom stereocenters. The molecule has 1 aliphatic heterocycles. The van der Waals surface area contributed by atoms with Crippen molar-refractivity contribution in [1.82, 2.24) is 14.3 Å². The van der Waals surface area contributed by atoms with Gasteiger partial charge in [0.2, 0.25) is 10.0 Å². The first-order valence-corrected chi connectivity index (χ1v) is 10.9. The molecule has 0 aliphatic carbocycles. The molecule has 0 saturated carbocycles. The van der Waals surface area contributed by atoms with Gasteiger partial charge in [0.15, 0.2) is 6.61 Å². The van der Waals surface area contributed by atoms with Crippen molar-refractivity contribution in [3.05, 3.63) is 42.0 Å². The third-order valence-corrected chi connectivity index (χ3v) is 6.45. The highest BCUT2D eigenvalue weighted by Crippen LogP contribution is 2.31. The third kappa shape index (κ3) is 5.91. The second-order valence-electron chi connectivity index (χ2n) is 7.02. The van der Waals surface area contributed by atoms with Crippen LogP contribution in [0.15, 0.2) is 35.5 Å². The van der Waals surface area contributed by atoms with Crippen LogP contribution in [0.1, 0.15) is 35.4 Å². The van der Waals surface area contributed by atoms with Crippen LogP contribution in [-0.4, -0.2) is 54.5 Å². The molecule has 0 spiro atoms. The van der Waals surface area contributed by atoms with Gasteiger partial charge in [0.25, 0.3) is 5.91 Å². The molecule has 168 valence electrons. The minimum atomic E-state index is -4.61. The fourth-order valence-corrected chi connectivity index (χ4v) is 4.55. The van der Waals surface area contributed by atoms with E-state index >= 15 is 0 Å². The SMILES string of the molecule is Cc1cnc(C(=O)Nc2cc(S(=O)(=O)N3CCCCC3)ccc2OCC(F)(F)F)cn1. The summed E-state index contributed by atoms with van der Waals surface area (Å²) in [6.45, 7) is 0.787. The van der Waals surface area contributed by atoms with Crippen molar-refractivity contribution in [3.63, 3.8) is 0 Å². The molecule has 12 heteroatoms. The van der Waals surface area contributed by atoms with Crippen LogP contribution in [0.4, 0.5) is 18.9 Å². The van der Waals surface area contributed by atoms with Gasteiger partial charge in [-0.1, -0.05) is 6.42 Å². The van der Waals surface area contributed by atoms with Gasteiger partial charge >= 0.3 is 6.18 Å². The van der Waals surface area contributed by atoms with Crippen molar-refractivity contribution in [3.8, 4) is 5.75 Å². The molecule has 1 N–H and O–H groups in total. The summed E-state index contributed by atoms with van der Waals surface area (Å²) in [4.78, 5) is 20.2. The van der Waals surface area contributed by atoms with Crippen LogP contribution in [0.3, 0.4) is 0 Å². The number of carbonyl (C=O) groups is 1. The number of alkyl halides is 3. The second-order valence-corrected chi connectivity index (χ2v) is 8.96. The summed E-state index contributed by atoms with van der Waals surface area (Å²) >= 11 is 0. The minimum Gasteiger partial charge on any atom is -0.482 e. The number of sulfonamides is 1. The van der Waals surface area contributed by atoms with Gasteiger partial charge in [-0.05, 0) is 38.0 Å². The van der Waals surface area contributed by atoms with Gasteiger partial charge in [0.1, 0.15) is 11.4 Å². The Hall–Kier alpha value is -2.73. The number of carbonyl (C=O) groups excluding carboxylic acids is 1. The van der Waals surface area contributed by atoms with Crippen LogP contribution in [0.2, 0.25) is 0 Å². The van der Waals surface area contributed by atoms with Crippen LogP contribution in [-0.2, 0) is 10.0 Å². The van der Waals surface area contributed by atoms with Gasteiger partial charge in [-0.3, -0.25) is 9.78 Å². The molecule has 0 bridgehead atoms. The highest BCUT2D eigenvalue weighted by atomic mass is 32.2. The number of ether oxygens (including phenoxy) is 1. The van der Waals surface area contributed by atoms with Crippen molar-refractivity contribution < 1.29 is 31.1 Å². The van der Waals surface area contributed by atoms with Crippen molar-refractivity contribution in [1.29, 1.82) is 0 Å². The Kier molecular flexibility index (Phi) is 6.80. The molecule has 1 amide bonds. The number of nitrogens with one attached hydrogen (secondary N) is 1. The molecule has 31 heavy (non-hydrogen) atoms. The largest absolute Gasteiger partial charge is 0.482 e. The van der Waals surface area contributed by atoms with E-state index in [1.54, 1.807) is 6.92 Å². The number of nitrogens with zero attached hydrogens (tertiary/aromatic N) is 3. The normalized spacial score (nSPS) is 15.5. The number of aryl methyl sites for hydroxylation is 1. The average Bonchev–Trinajstić information content (AvgIpc) is 2.73. The summed E-state index contributed by atoms with van der Waals surface area (Å²) in [6.07, 6.45) is 0.323. The van der Waals surface area contributed by atoms with Gasteiger partial charge in [0, 0.05) is 19.3 Å². The number of amides is 1. The molecule has 1 aromatic heterocycles. The number of rotatable bonds is 6. The first-order chi connectivity index (χ1) is 14.6. The molecular weight excluding hydrogens is 437 g/mol. The second kappa shape index (κ2) is 9.18. The molecule has 1 aromatic carbocycles. The lowest BCUT2D eigenvalue weighted by atomic mass is 10.2. The predicted octanol–water partition coefficient (Wildman–Crippen LogP) is 3.15. The van der Waals surface area contributed by atoms with Gasteiger partial charge in [-0.15, -0.1) is 0 Å². The summed E-state index contributed by atoms with van der Waals surface area (Å²) in [5, 5.41) is 2.38. The van der Waals surface area contributed by atoms with Crippen LogP contribution in [0, 0.1) is 6.92 Å². The predicted molar refractivity (Wildman–Crippen MR) is 105 cm³/mol. The zero-order valence-electron chi connectivity index (χ0n) is 16.6. The number of halogens is 3. The molecule has 0 radical (unpaired) electrons. The standard InChI is InChI=1S/C19H21F3N4O4S/c1-13-10-24-16(11-23-13)18(27)25-15-9-14(5-6-17(15)30-12-19(20,21)22)31(28,29)26-7-3-2-4-8-26/h5-6,9-11H,2-4,7-8,12H2,1H3,(H,25,27). The maximum atomic E-state index is 12.9. The Balaban J connectivity index is 1.92. The summed E-state index contributed by atoms with van der Waals surface area (Å²) in [6, 6.07) is 3.35. The zero-order valence-corrected chi connectivity index (χ0v) is 17.5. The molecule has 2 aromatic rings. The summed E-state index contributed by atoms with van der Waals surface area (Å²) in [7, 11) is -3.87. The molecular formula is C19H21F3N4O4S. The maximum Gasteiger partial charge on any atom is 0.422 e. The van der Waals surface area contributed by atoms with E-state index in [0.29, 0.717) is 18.8 Å². The van der Waals surface area contributed by atoms with E-state index in [9.17, 15) is 26.4 Å². The van der Waals surface area contributed by atoms with E-state index in [4.69, 9.17) is 4.74 Å². The Labute approximate surface area is 177 Å². The van der Waals surface area contributed by atoms with Gasteiger partial charge in [-0.25, -0.2) is 13.4 Å². The molecule has 0 unspecified atom stereocenters. The summed E-state index contributed by atoms with van der Waals surface area (Å²) < 4.78 is 69.8. The van der Waals surface area contributed by atoms with Crippen LogP contribution in [0.25, 0.3) is 0 Å². The maximum absolute atomic E-state index is 12.9. The van der Waals surface area contributed by atoms with Crippen molar-refractivity contribution in [2.75, 3.05) is 25.0 Å². The van der Waals surface area contributed by atoms with Gasteiger partial charge < -0.3 is 10.1 Å². The monoisotopic (exact) mass is 458 g/mol. The van der Waals surface area contributed by atoms with E-state index in [1.165, 1.54) is 16.7 Å². The minimum absolute atomic E-state index is 0.0864.